The van der Waals surface area contributed by atoms with Gasteiger partial charge in [0.05, 0.1) is 0 Å². The molecule has 2 N–H and O–H groups in total. The van der Waals surface area contributed by atoms with Crippen molar-refractivity contribution < 1.29 is 0 Å². The highest BCUT2D eigenvalue weighted by Crippen LogP contribution is 2.16. The van der Waals surface area contributed by atoms with E-state index >= 15 is 0 Å². The molecule has 1 aliphatic heterocycles. The van der Waals surface area contributed by atoms with Gasteiger partial charge in [0.25, 0.3) is 0 Å². The van der Waals surface area contributed by atoms with Gasteiger partial charge in [0.15, 0.2) is 0 Å². The van der Waals surface area contributed by atoms with Crippen molar-refractivity contribution in [2.75, 3.05) is 13.1 Å². The molecule has 0 saturated heterocycles. The molecule has 0 fully saturated rings. The Morgan fingerprint density at radius 2 is 2.43 bits per heavy atom. The minimum Gasteiger partial charge on any atom is -0.327 e. The first-order chi connectivity index (χ1) is 6.75. The number of hydrogen-bond donors (Lipinski definition) is 1. The number of nitrogens with zero attached hydrogens (tertiary/aromatic N) is 2. The SMILES string of the molecule is CC(N)CN1CCc2cnccc2C1. The second-order valence-electron chi connectivity index (χ2n) is 4.11. The van der Waals surface area contributed by atoms with E-state index in [2.05, 4.69) is 22.9 Å². The number of rotatable bonds is 2. The fourth-order valence-electron chi connectivity index (χ4n) is 2.00. The molecule has 2 heterocycles. The maximum Gasteiger partial charge on any atom is 0.0303 e. The normalized spacial score (nSPS) is 19.0. The Hall–Kier alpha value is -0.930. The summed E-state index contributed by atoms with van der Waals surface area (Å²) >= 11 is 0. The van der Waals surface area contributed by atoms with Gasteiger partial charge >= 0.3 is 0 Å². The Morgan fingerprint density at radius 3 is 3.21 bits per heavy atom. The van der Waals surface area contributed by atoms with Crippen LogP contribution in [-0.4, -0.2) is 29.0 Å². The van der Waals surface area contributed by atoms with Crippen LogP contribution < -0.4 is 5.73 Å². The second-order valence-corrected chi connectivity index (χ2v) is 4.11. The van der Waals surface area contributed by atoms with E-state index in [9.17, 15) is 0 Å². The second kappa shape index (κ2) is 4.07. The van der Waals surface area contributed by atoms with Crippen LogP contribution in [0.15, 0.2) is 18.5 Å². The van der Waals surface area contributed by atoms with Gasteiger partial charge in [-0.05, 0) is 30.5 Å². The first-order valence-electron chi connectivity index (χ1n) is 5.15. The van der Waals surface area contributed by atoms with E-state index in [-0.39, 0.29) is 6.04 Å². The van der Waals surface area contributed by atoms with E-state index in [0.717, 1.165) is 26.1 Å². The van der Waals surface area contributed by atoms with Gasteiger partial charge < -0.3 is 5.73 Å². The third-order valence-electron chi connectivity index (χ3n) is 2.64. The van der Waals surface area contributed by atoms with Crippen molar-refractivity contribution in [3.63, 3.8) is 0 Å². The van der Waals surface area contributed by atoms with E-state index in [0.29, 0.717) is 0 Å². The van der Waals surface area contributed by atoms with E-state index in [4.69, 9.17) is 5.73 Å². The summed E-state index contributed by atoms with van der Waals surface area (Å²) in [5.41, 5.74) is 8.60. The van der Waals surface area contributed by atoms with E-state index < -0.39 is 0 Å². The molecule has 0 aliphatic carbocycles. The first kappa shape index (κ1) is 9.62. The van der Waals surface area contributed by atoms with E-state index in [1.165, 1.54) is 11.1 Å². The lowest BCUT2D eigenvalue weighted by Crippen LogP contribution is -2.38. The smallest absolute Gasteiger partial charge is 0.0303 e. The summed E-state index contributed by atoms with van der Waals surface area (Å²) in [4.78, 5) is 6.55. The predicted molar refractivity (Wildman–Crippen MR) is 56.9 cm³/mol. The molecular formula is C11H17N3. The number of pyridine rings is 1. The fourth-order valence-corrected chi connectivity index (χ4v) is 2.00. The molecule has 0 radical (unpaired) electrons. The molecule has 0 amide bonds. The van der Waals surface area contributed by atoms with Crippen molar-refractivity contribution in [1.82, 2.24) is 9.88 Å². The first-order valence-corrected chi connectivity index (χ1v) is 5.15. The van der Waals surface area contributed by atoms with Crippen molar-refractivity contribution in [3.8, 4) is 0 Å². The Morgan fingerprint density at radius 1 is 1.57 bits per heavy atom. The Bertz CT molecular complexity index is 309. The molecular weight excluding hydrogens is 174 g/mol. The van der Waals surface area contributed by atoms with Crippen molar-refractivity contribution in [2.45, 2.75) is 25.9 Å². The summed E-state index contributed by atoms with van der Waals surface area (Å²) in [6.07, 6.45) is 4.96. The van der Waals surface area contributed by atoms with Gasteiger partial charge in [0.2, 0.25) is 0 Å². The van der Waals surface area contributed by atoms with Crippen LogP contribution in [0.2, 0.25) is 0 Å². The predicted octanol–water partition coefficient (Wildman–Crippen LogP) is 0.787. The van der Waals surface area contributed by atoms with Gasteiger partial charge in [0, 0.05) is 38.1 Å². The quantitative estimate of drug-likeness (QED) is 0.751. The Kier molecular flexibility index (Phi) is 2.79. The lowest BCUT2D eigenvalue weighted by molar-refractivity contribution is 0.242. The average molecular weight is 191 g/mol. The average Bonchev–Trinajstić information content (AvgIpc) is 2.17. The molecule has 0 bridgehead atoms. The maximum absolute atomic E-state index is 5.79. The van der Waals surface area contributed by atoms with E-state index in [1.807, 2.05) is 12.4 Å². The molecule has 1 aromatic rings. The van der Waals surface area contributed by atoms with Crippen LogP contribution in [0.1, 0.15) is 18.1 Å². The highest BCUT2D eigenvalue weighted by Gasteiger charge is 2.16. The summed E-state index contributed by atoms with van der Waals surface area (Å²) in [7, 11) is 0. The topological polar surface area (TPSA) is 42.1 Å². The summed E-state index contributed by atoms with van der Waals surface area (Å²) in [6, 6.07) is 2.38. The van der Waals surface area contributed by atoms with Crippen LogP contribution in [0.3, 0.4) is 0 Å². The van der Waals surface area contributed by atoms with Crippen molar-refractivity contribution in [3.05, 3.63) is 29.6 Å². The minimum absolute atomic E-state index is 0.262. The van der Waals surface area contributed by atoms with Gasteiger partial charge in [0.1, 0.15) is 0 Å². The molecule has 3 heteroatoms. The third kappa shape index (κ3) is 2.11. The summed E-state index contributed by atoms with van der Waals surface area (Å²) in [6.45, 7) is 5.18. The molecule has 1 aromatic heterocycles. The monoisotopic (exact) mass is 191 g/mol. The molecule has 1 unspecified atom stereocenters. The Balaban J connectivity index is 2.06. The lowest BCUT2D eigenvalue weighted by atomic mass is 10.0. The zero-order valence-electron chi connectivity index (χ0n) is 8.61. The molecule has 0 aromatic carbocycles. The van der Waals surface area contributed by atoms with Gasteiger partial charge in [-0.3, -0.25) is 9.88 Å². The Labute approximate surface area is 84.9 Å². The zero-order chi connectivity index (χ0) is 9.97. The molecule has 3 nitrogen and oxygen atoms in total. The van der Waals surface area contributed by atoms with Crippen LogP contribution in [0, 0.1) is 0 Å². The van der Waals surface area contributed by atoms with Crippen molar-refractivity contribution in [2.24, 2.45) is 5.73 Å². The van der Waals surface area contributed by atoms with Crippen LogP contribution in [0.5, 0.6) is 0 Å². The molecule has 1 atom stereocenters. The standard InChI is InChI=1S/C11H17N3/c1-9(12)7-14-5-3-10-6-13-4-2-11(10)8-14/h2,4,6,9H,3,5,7-8,12H2,1H3. The molecule has 1 aliphatic rings. The summed E-state index contributed by atoms with van der Waals surface area (Å²) < 4.78 is 0. The van der Waals surface area contributed by atoms with Gasteiger partial charge in [-0.2, -0.15) is 0 Å². The van der Waals surface area contributed by atoms with E-state index in [1.54, 1.807) is 0 Å². The van der Waals surface area contributed by atoms with Gasteiger partial charge in [-0.1, -0.05) is 0 Å². The minimum atomic E-state index is 0.262. The van der Waals surface area contributed by atoms with Crippen LogP contribution in [-0.2, 0) is 13.0 Å². The highest BCUT2D eigenvalue weighted by atomic mass is 15.1. The number of hydrogen-bond acceptors (Lipinski definition) is 3. The van der Waals surface area contributed by atoms with Crippen LogP contribution in [0.25, 0.3) is 0 Å². The third-order valence-corrected chi connectivity index (χ3v) is 2.64. The largest absolute Gasteiger partial charge is 0.327 e. The van der Waals surface area contributed by atoms with Gasteiger partial charge in [-0.25, -0.2) is 0 Å². The molecule has 0 spiro atoms. The molecule has 0 saturated carbocycles. The summed E-state index contributed by atoms with van der Waals surface area (Å²) in [5, 5.41) is 0. The fraction of sp³-hybridized carbons (Fsp3) is 0.545. The number of nitrogens with two attached hydrogens (primary N) is 1. The molecule has 14 heavy (non-hydrogen) atoms. The summed E-state index contributed by atoms with van der Waals surface area (Å²) in [5.74, 6) is 0. The van der Waals surface area contributed by atoms with Crippen molar-refractivity contribution >= 4 is 0 Å². The van der Waals surface area contributed by atoms with Gasteiger partial charge in [-0.15, -0.1) is 0 Å². The number of fused-ring (bicyclic) bond motifs is 1. The highest BCUT2D eigenvalue weighted by molar-refractivity contribution is 5.25. The van der Waals surface area contributed by atoms with Crippen LogP contribution in [0.4, 0.5) is 0 Å². The number of aromatic nitrogens is 1. The molecule has 2 rings (SSSR count). The lowest BCUT2D eigenvalue weighted by Gasteiger charge is -2.29. The molecule has 76 valence electrons. The maximum atomic E-state index is 5.79. The van der Waals surface area contributed by atoms with Crippen molar-refractivity contribution in [1.29, 1.82) is 0 Å². The zero-order valence-corrected chi connectivity index (χ0v) is 8.61. The van der Waals surface area contributed by atoms with Crippen LogP contribution >= 0.6 is 0 Å².